The molecule has 5 nitrogen and oxygen atoms in total. The van der Waals surface area contributed by atoms with Gasteiger partial charge in [0, 0.05) is 20.9 Å². The lowest BCUT2D eigenvalue weighted by Crippen LogP contribution is -3.12. The summed E-state index contributed by atoms with van der Waals surface area (Å²) in [6, 6.07) is 15.5. The molecule has 1 saturated heterocycles. The van der Waals surface area contributed by atoms with E-state index in [2.05, 4.69) is 26.2 Å². The number of likely N-dealkylation sites (tertiary alicyclic amines) is 1. The van der Waals surface area contributed by atoms with Crippen LogP contribution in [0.15, 0.2) is 57.8 Å². The van der Waals surface area contributed by atoms with Crippen LogP contribution in [0.1, 0.15) is 25.7 Å². The first-order chi connectivity index (χ1) is 14.1. The molecule has 2 aromatic carbocycles. The summed E-state index contributed by atoms with van der Waals surface area (Å²) in [4.78, 5) is 30.0. The second-order valence-electron chi connectivity index (χ2n) is 7.62. The van der Waals surface area contributed by atoms with Gasteiger partial charge in [0.05, 0.1) is 26.1 Å². The molecule has 29 heavy (non-hydrogen) atoms. The van der Waals surface area contributed by atoms with Crippen LogP contribution in [0.4, 0.5) is 5.69 Å². The van der Waals surface area contributed by atoms with Crippen LogP contribution in [0.2, 0.25) is 0 Å². The highest BCUT2D eigenvalue weighted by Crippen LogP contribution is 2.33. The maximum absolute atomic E-state index is 12.9. The number of nitrogens with one attached hydrogen (secondary N) is 3. The first-order valence-electron chi connectivity index (χ1n) is 10.2. The lowest BCUT2D eigenvalue weighted by molar-refractivity contribution is -0.904. The number of benzene rings is 2. The number of carbonyl (C=O) groups excluding carboxylic acids is 1. The monoisotopic (exact) mass is 454 g/mol. The molecule has 1 aliphatic heterocycles. The molecule has 3 aromatic rings. The third-order valence-electron chi connectivity index (χ3n) is 5.57. The van der Waals surface area contributed by atoms with E-state index in [9.17, 15) is 9.59 Å². The van der Waals surface area contributed by atoms with Gasteiger partial charge in [0.15, 0.2) is 0 Å². The molecule has 4 rings (SSSR count). The van der Waals surface area contributed by atoms with Gasteiger partial charge < -0.3 is 15.2 Å². The molecule has 1 aromatic heterocycles. The fourth-order valence-corrected chi connectivity index (χ4v) is 4.44. The van der Waals surface area contributed by atoms with E-state index in [0.29, 0.717) is 12.1 Å². The van der Waals surface area contributed by atoms with Crippen molar-refractivity contribution in [3.8, 4) is 11.1 Å². The summed E-state index contributed by atoms with van der Waals surface area (Å²) in [6.07, 6.45) is 4.17. The van der Waals surface area contributed by atoms with E-state index in [1.807, 2.05) is 48.5 Å². The second-order valence-corrected chi connectivity index (χ2v) is 8.53. The number of H-pyrrole nitrogens is 1. The topological polar surface area (TPSA) is 66.4 Å². The van der Waals surface area contributed by atoms with Crippen molar-refractivity contribution in [2.45, 2.75) is 25.7 Å². The maximum atomic E-state index is 12.9. The van der Waals surface area contributed by atoms with E-state index < -0.39 is 0 Å². The largest absolute Gasteiger partial charge is 0.335 e. The average Bonchev–Trinajstić information content (AvgIpc) is 2.74. The summed E-state index contributed by atoms with van der Waals surface area (Å²) >= 11 is 3.52. The van der Waals surface area contributed by atoms with Crippen LogP contribution in [-0.4, -0.2) is 30.5 Å². The molecular formula is C23H25BrN3O2+. The van der Waals surface area contributed by atoms with E-state index in [1.54, 1.807) is 0 Å². The van der Waals surface area contributed by atoms with Crippen molar-refractivity contribution < 1.29 is 9.69 Å². The Morgan fingerprint density at radius 3 is 2.59 bits per heavy atom. The normalized spacial score (nSPS) is 14.8. The van der Waals surface area contributed by atoms with E-state index >= 15 is 0 Å². The van der Waals surface area contributed by atoms with Crippen LogP contribution in [0.25, 0.3) is 22.0 Å². The van der Waals surface area contributed by atoms with Gasteiger partial charge in [-0.25, -0.2) is 0 Å². The van der Waals surface area contributed by atoms with Crippen molar-refractivity contribution in [1.29, 1.82) is 0 Å². The van der Waals surface area contributed by atoms with Crippen LogP contribution < -0.4 is 15.8 Å². The Labute approximate surface area is 178 Å². The number of piperidine rings is 1. The van der Waals surface area contributed by atoms with Gasteiger partial charge in [-0.1, -0.05) is 46.3 Å². The fourth-order valence-electron chi connectivity index (χ4n) is 4.08. The van der Waals surface area contributed by atoms with Crippen molar-refractivity contribution >= 4 is 38.4 Å². The van der Waals surface area contributed by atoms with Crippen LogP contribution in [0.5, 0.6) is 0 Å². The van der Waals surface area contributed by atoms with Gasteiger partial charge in [-0.3, -0.25) is 9.59 Å². The molecule has 1 fully saturated rings. The number of pyridine rings is 1. The first-order valence-corrected chi connectivity index (χ1v) is 11.0. The van der Waals surface area contributed by atoms with Crippen molar-refractivity contribution in [2.75, 3.05) is 25.0 Å². The molecule has 1 amide bonds. The van der Waals surface area contributed by atoms with Crippen molar-refractivity contribution in [3.05, 3.63) is 63.4 Å². The number of aromatic amines is 1. The first kappa shape index (κ1) is 19.9. The average molecular weight is 455 g/mol. The van der Waals surface area contributed by atoms with Crippen LogP contribution in [0.3, 0.4) is 0 Å². The summed E-state index contributed by atoms with van der Waals surface area (Å²) in [5, 5.41) is 3.81. The lowest BCUT2D eigenvalue weighted by atomic mass is 9.99. The van der Waals surface area contributed by atoms with E-state index in [-0.39, 0.29) is 11.5 Å². The van der Waals surface area contributed by atoms with Gasteiger partial charge in [-0.05, 0) is 43.0 Å². The number of anilines is 1. The Balaban J connectivity index is 1.68. The van der Waals surface area contributed by atoms with Crippen LogP contribution >= 0.6 is 15.9 Å². The van der Waals surface area contributed by atoms with E-state index in [4.69, 9.17) is 0 Å². The minimum Gasteiger partial charge on any atom is -0.335 e. The third kappa shape index (κ3) is 4.60. The summed E-state index contributed by atoms with van der Waals surface area (Å²) in [7, 11) is 0. The highest BCUT2D eigenvalue weighted by atomic mass is 79.9. The number of amides is 1. The molecule has 6 heteroatoms. The molecule has 0 bridgehead atoms. The van der Waals surface area contributed by atoms with Crippen molar-refractivity contribution in [1.82, 2.24) is 4.98 Å². The molecule has 0 spiro atoms. The zero-order valence-electron chi connectivity index (χ0n) is 16.3. The molecular weight excluding hydrogens is 430 g/mol. The highest BCUT2D eigenvalue weighted by Gasteiger charge is 2.19. The Bertz CT molecular complexity index is 1070. The number of fused-ring (bicyclic) bond motifs is 1. The lowest BCUT2D eigenvalue weighted by Gasteiger charge is -2.23. The summed E-state index contributed by atoms with van der Waals surface area (Å²) < 4.78 is 0.917. The molecule has 0 saturated carbocycles. The van der Waals surface area contributed by atoms with Crippen LogP contribution in [0, 0.1) is 0 Å². The number of hydrogen-bond acceptors (Lipinski definition) is 2. The van der Waals surface area contributed by atoms with Gasteiger partial charge >= 0.3 is 0 Å². The number of aromatic nitrogens is 1. The summed E-state index contributed by atoms with van der Waals surface area (Å²) in [5.74, 6) is -0.111. The molecule has 0 radical (unpaired) electrons. The Kier molecular flexibility index (Phi) is 6.11. The number of hydrogen-bond donors (Lipinski definition) is 3. The third-order valence-corrected chi connectivity index (χ3v) is 6.06. The minimum atomic E-state index is -0.280. The Morgan fingerprint density at radius 1 is 1.07 bits per heavy atom. The smallest absolute Gasteiger partial charge is 0.272 e. The molecule has 3 N–H and O–H groups in total. The molecule has 1 aliphatic rings. The highest BCUT2D eigenvalue weighted by molar-refractivity contribution is 9.10. The van der Waals surface area contributed by atoms with Gasteiger partial charge in [0.25, 0.3) is 5.56 Å². The molecule has 0 aliphatic carbocycles. The Morgan fingerprint density at radius 2 is 1.83 bits per heavy atom. The van der Waals surface area contributed by atoms with Crippen molar-refractivity contribution in [3.63, 3.8) is 0 Å². The number of quaternary nitrogens is 1. The van der Waals surface area contributed by atoms with Gasteiger partial charge in [-0.2, -0.15) is 0 Å². The predicted molar refractivity (Wildman–Crippen MR) is 120 cm³/mol. The predicted octanol–water partition coefficient (Wildman–Crippen LogP) is 3.36. The quantitative estimate of drug-likeness (QED) is 0.553. The van der Waals surface area contributed by atoms with Crippen molar-refractivity contribution in [2.24, 2.45) is 0 Å². The van der Waals surface area contributed by atoms with E-state index in [1.165, 1.54) is 24.2 Å². The molecule has 0 atom stereocenters. The molecule has 150 valence electrons. The number of rotatable bonds is 5. The molecule has 0 unspecified atom stereocenters. The number of halogens is 1. The van der Waals surface area contributed by atoms with Gasteiger partial charge in [0.1, 0.15) is 5.69 Å². The SMILES string of the molecule is O=C(CC[NH+]1CCCCC1)Nc1c(-c2ccccc2)c2cc(Br)ccc2[nH]c1=O. The summed E-state index contributed by atoms with van der Waals surface area (Å²) in [5.41, 5.74) is 2.44. The standard InChI is InChI=1S/C23H24BrN3O2/c24-17-9-10-19-18(15-17)21(16-7-3-1-4-8-16)22(23(29)25-19)26-20(28)11-14-27-12-5-2-6-13-27/h1,3-4,7-10,15H,2,5-6,11-14H2,(H,25,29)(H,26,28)/p+1. The second kappa shape index (κ2) is 8.93. The van der Waals surface area contributed by atoms with Gasteiger partial charge in [-0.15, -0.1) is 0 Å². The Hall–Kier alpha value is -2.44. The van der Waals surface area contributed by atoms with Crippen LogP contribution in [-0.2, 0) is 4.79 Å². The van der Waals surface area contributed by atoms with Gasteiger partial charge in [0.2, 0.25) is 5.91 Å². The van der Waals surface area contributed by atoms with E-state index in [0.717, 1.165) is 46.1 Å². The maximum Gasteiger partial charge on any atom is 0.272 e. The minimum absolute atomic E-state index is 0.111. The zero-order chi connectivity index (χ0) is 20.2. The fraction of sp³-hybridized carbons (Fsp3) is 0.304. The molecule has 2 heterocycles. The number of carbonyl (C=O) groups is 1. The summed E-state index contributed by atoms with van der Waals surface area (Å²) in [6.45, 7) is 3.07. The zero-order valence-corrected chi connectivity index (χ0v) is 17.8.